The highest BCUT2D eigenvalue weighted by Crippen LogP contribution is 2.27. The molecule has 0 saturated heterocycles. The maximum absolute atomic E-state index is 5.58. The summed E-state index contributed by atoms with van der Waals surface area (Å²) in [5, 5.41) is 2.73. The summed E-state index contributed by atoms with van der Waals surface area (Å²) in [6.07, 6.45) is 4.23. The predicted octanol–water partition coefficient (Wildman–Crippen LogP) is 1.96. The van der Waals surface area contributed by atoms with Gasteiger partial charge in [0, 0.05) is 18.5 Å². The normalized spacial score (nSPS) is 17.3. The monoisotopic (exact) mass is 211 g/mol. The predicted molar refractivity (Wildman–Crippen MR) is 60.2 cm³/mol. The van der Waals surface area contributed by atoms with E-state index in [1.54, 1.807) is 0 Å². The molecule has 1 fully saturated rings. The van der Waals surface area contributed by atoms with Crippen molar-refractivity contribution < 1.29 is 0 Å². The number of hydrogen-bond donors (Lipinski definition) is 1. The molecular weight excluding hydrogens is 194 g/mol. The Kier molecular flexibility index (Phi) is 3.03. The first kappa shape index (κ1) is 9.93. The number of anilines is 1. The van der Waals surface area contributed by atoms with Gasteiger partial charge >= 0.3 is 0 Å². The Hall–Kier alpha value is -0.610. The van der Waals surface area contributed by atoms with Crippen molar-refractivity contribution in [3.8, 4) is 0 Å². The van der Waals surface area contributed by atoms with E-state index in [-0.39, 0.29) is 0 Å². The van der Waals surface area contributed by atoms with Crippen LogP contribution in [0, 0.1) is 5.92 Å². The maximum Gasteiger partial charge on any atom is 0.180 e. The molecule has 2 N–H and O–H groups in total. The van der Waals surface area contributed by atoms with Gasteiger partial charge in [-0.2, -0.15) is 0 Å². The van der Waals surface area contributed by atoms with Gasteiger partial charge in [0.15, 0.2) is 5.13 Å². The van der Waals surface area contributed by atoms with E-state index < -0.39 is 0 Å². The third-order valence-corrected chi connectivity index (χ3v) is 3.52. The SMILES string of the molecule is CN(Cc1csc(N)n1)CC1CCC1. The fourth-order valence-corrected chi connectivity index (χ4v) is 2.41. The first-order valence-electron chi connectivity index (χ1n) is 5.12. The molecule has 0 spiro atoms. The van der Waals surface area contributed by atoms with Crippen LogP contribution in [-0.4, -0.2) is 23.5 Å². The van der Waals surface area contributed by atoms with Crippen LogP contribution in [-0.2, 0) is 6.54 Å². The molecule has 1 aliphatic carbocycles. The highest BCUT2D eigenvalue weighted by Gasteiger charge is 2.19. The van der Waals surface area contributed by atoms with Gasteiger partial charge in [-0.15, -0.1) is 11.3 Å². The van der Waals surface area contributed by atoms with E-state index in [0.717, 1.165) is 18.2 Å². The van der Waals surface area contributed by atoms with E-state index in [4.69, 9.17) is 5.73 Å². The van der Waals surface area contributed by atoms with Gasteiger partial charge in [0.2, 0.25) is 0 Å². The summed E-state index contributed by atoms with van der Waals surface area (Å²) in [5.74, 6) is 0.927. The molecule has 2 rings (SSSR count). The molecule has 0 radical (unpaired) electrons. The Bertz CT molecular complexity index is 293. The Morgan fingerprint density at radius 1 is 1.64 bits per heavy atom. The standard InChI is InChI=1S/C10H17N3S/c1-13(5-8-3-2-4-8)6-9-7-14-10(11)12-9/h7-8H,2-6H2,1H3,(H2,11,12). The molecule has 0 aromatic carbocycles. The lowest BCUT2D eigenvalue weighted by Crippen LogP contribution is -2.29. The van der Waals surface area contributed by atoms with Gasteiger partial charge in [-0.1, -0.05) is 6.42 Å². The van der Waals surface area contributed by atoms with Crippen LogP contribution >= 0.6 is 11.3 Å². The van der Waals surface area contributed by atoms with Crippen LogP contribution in [0.2, 0.25) is 0 Å². The highest BCUT2D eigenvalue weighted by atomic mass is 32.1. The van der Waals surface area contributed by atoms with E-state index >= 15 is 0 Å². The van der Waals surface area contributed by atoms with Crippen molar-refractivity contribution in [1.29, 1.82) is 0 Å². The Morgan fingerprint density at radius 3 is 2.93 bits per heavy atom. The first-order valence-corrected chi connectivity index (χ1v) is 6.00. The van der Waals surface area contributed by atoms with E-state index in [1.165, 1.54) is 37.1 Å². The second-order valence-electron chi connectivity index (χ2n) is 4.17. The average molecular weight is 211 g/mol. The van der Waals surface area contributed by atoms with Crippen LogP contribution < -0.4 is 5.73 Å². The van der Waals surface area contributed by atoms with Crippen molar-refractivity contribution >= 4 is 16.5 Å². The van der Waals surface area contributed by atoms with Gasteiger partial charge in [0.25, 0.3) is 0 Å². The number of thiazole rings is 1. The van der Waals surface area contributed by atoms with Gasteiger partial charge < -0.3 is 10.6 Å². The molecule has 0 bridgehead atoms. The van der Waals surface area contributed by atoms with Crippen molar-refractivity contribution in [2.45, 2.75) is 25.8 Å². The summed E-state index contributed by atoms with van der Waals surface area (Å²) < 4.78 is 0. The minimum Gasteiger partial charge on any atom is -0.375 e. The van der Waals surface area contributed by atoms with E-state index in [9.17, 15) is 0 Å². The largest absolute Gasteiger partial charge is 0.375 e. The molecule has 1 aliphatic rings. The highest BCUT2D eigenvalue weighted by molar-refractivity contribution is 7.13. The van der Waals surface area contributed by atoms with Crippen molar-refractivity contribution in [2.24, 2.45) is 5.92 Å². The minimum atomic E-state index is 0.678. The molecule has 1 aromatic rings. The molecule has 1 aromatic heterocycles. The number of nitrogen functional groups attached to an aromatic ring is 1. The molecule has 0 unspecified atom stereocenters. The second kappa shape index (κ2) is 4.28. The third-order valence-electron chi connectivity index (χ3n) is 2.80. The molecule has 3 nitrogen and oxygen atoms in total. The van der Waals surface area contributed by atoms with Gasteiger partial charge in [0.1, 0.15) is 0 Å². The summed E-state index contributed by atoms with van der Waals surface area (Å²) in [4.78, 5) is 6.60. The van der Waals surface area contributed by atoms with E-state index in [2.05, 4.69) is 16.9 Å². The minimum absolute atomic E-state index is 0.678. The zero-order valence-corrected chi connectivity index (χ0v) is 9.39. The molecule has 14 heavy (non-hydrogen) atoms. The Labute approximate surface area is 88.9 Å². The average Bonchev–Trinajstić information content (AvgIpc) is 2.44. The fourth-order valence-electron chi connectivity index (χ4n) is 1.85. The lowest BCUT2D eigenvalue weighted by molar-refractivity contribution is 0.199. The van der Waals surface area contributed by atoms with Gasteiger partial charge in [-0.3, -0.25) is 0 Å². The van der Waals surface area contributed by atoms with Crippen LogP contribution in [0.15, 0.2) is 5.38 Å². The fraction of sp³-hybridized carbons (Fsp3) is 0.700. The molecule has 0 atom stereocenters. The molecule has 1 saturated carbocycles. The summed E-state index contributed by atoms with van der Waals surface area (Å²) in [7, 11) is 2.16. The zero-order valence-electron chi connectivity index (χ0n) is 8.57. The quantitative estimate of drug-likeness (QED) is 0.827. The molecule has 0 amide bonds. The molecular formula is C10H17N3S. The van der Waals surface area contributed by atoms with Gasteiger partial charge in [0.05, 0.1) is 5.69 Å². The smallest absolute Gasteiger partial charge is 0.180 e. The lowest BCUT2D eigenvalue weighted by Gasteiger charge is -2.29. The van der Waals surface area contributed by atoms with Crippen LogP contribution in [0.4, 0.5) is 5.13 Å². The molecule has 4 heteroatoms. The first-order chi connectivity index (χ1) is 6.74. The summed E-state index contributed by atoms with van der Waals surface area (Å²) in [6, 6.07) is 0. The maximum atomic E-state index is 5.58. The van der Waals surface area contributed by atoms with E-state index in [1.807, 2.05) is 5.38 Å². The van der Waals surface area contributed by atoms with Crippen LogP contribution in [0.3, 0.4) is 0 Å². The number of rotatable bonds is 4. The summed E-state index contributed by atoms with van der Waals surface area (Å²) >= 11 is 1.53. The summed E-state index contributed by atoms with van der Waals surface area (Å²) in [6.45, 7) is 2.14. The van der Waals surface area contributed by atoms with Crippen LogP contribution in [0.1, 0.15) is 25.0 Å². The Morgan fingerprint density at radius 2 is 2.43 bits per heavy atom. The second-order valence-corrected chi connectivity index (χ2v) is 5.06. The topological polar surface area (TPSA) is 42.1 Å². The van der Waals surface area contributed by atoms with Gasteiger partial charge in [-0.25, -0.2) is 4.98 Å². The third kappa shape index (κ3) is 2.45. The van der Waals surface area contributed by atoms with Crippen LogP contribution in [0.5, 0.6) is 0 Å². The van der Waals surface area contributed by atoms with Crippen LogP contribution in [0.25, 0.3) is 0 Å². The van der Waals surface area contributed by atoms with Crippen molar-refractivity contribution in [1.82, 2.24) is 9.88 Å². The molecule has 1 heterocycles. The molecule has 78 valence electrons. The number of nitrogens with two attached hydrogens (primary N) is 1. The number of nitrogens with zero attached hydrogens (tertiary/aromatic N) is 2. The number of hydrogen-bond acceptors (Lipinski definition) is 4. The Balaban J connectivity index is 1.78. The number of aromatic nitrogens is 1. The van der Waals surface area contributed by atoms with Crippen molar-refractivity contribution in [2.75, 3.05) is 19.3 Å². The zero-order chi connectivity index (χ0) is 9.97. The van der Waals surface area contributed by atoms with Gasteiger partial charge in [-0.05, 0) is 25.8 Å². The van der Waals surface area contributed by atoms with Crippen molar-refractivity contribution in [3.63, 3.8) is 0 Å². The molecule has 0 aliphatic heterocycles. The van der Waals surface area contributed by atoms with E-state index in [0.29, 0.717) is 5.13 Å². The summed E-state index contributed by atoms with van der Waals surface area (Å²) in [5.41, 5.74) is 6.69. The lowest BCUT2D eigenvalue weighted by atomic mass is 9.85. The van der Waals surface area contributed by atoms with Crippen molar-refractivity contribution in [3.05, 3.63) is 11.1 Å².